The van der Waals surface area contributed by atoms with E-state index in [-0.39, 0.29) is 16.7 Å². The number of aliphatic hydroxyl groups is 1. The number of hydrogen-bond acceptors (Lipinski definition) is 4. The van der Waals surface area contributed by atoms with Crippen LogP contribution in [0.5, 0.6) is 0 Å². The van der Waals surface area contributed by atoms with Crippen molar-refractivity contribution in [1.29, 1.82) is 0 Å². The van der Waals surface area contributed by atoms with E-state index in [0.29, 0.717) is 6.61 Å². The lowest BCUT2D eigenvalue weighted by Crippen LogP contribution is -2.41. The topological polar surface area (TPSA) is 47.9 Å². The SMILES string of the molecule is CC(C)(C)[C@H]1OC(O)[C@](C)(CCCO[Si](C)(C)C(C)(C)C)O1. The Kier molecular flexibility index (Phi) is 5.95. The Morgan fingerprint density at radius 2 is 1.68 bits per heavy atom. The van der Waals surface area contributed by atoms with E-state index in [1.54, 1.807) is 0 Å². The molecule has 1 fully saturated rings. The van der Waals surface area contributed by atoms with E-state index in [4.69, 9.17) is 13.9 Å². The minimum absolute atomic E-state index is 0.142. The second-order valence-corrected chi connectivity index (χ2v) is 14.1. The summed E-state index contributed by atoms with van der Waals surface area (Å²) in [4.78, 5) is 0. The minimum Gasteiger partial charge on any atom is -0.417 e. The maximum atomic E-state index is 10.2. The highest BCUT2D eigenvalue weighted by Gasteiger charge is 2.48. The molecule has 3 atom stereocenters. The Morgan fingerprint density at radius 1 is 1.14 bits per heavy atom. The van der Waals surface area contributed by atoms with Crippen molar-refractivity contribution in [2.45, 2.75) is 97.6 Å². The van der Waals surface area contributed by atoms with Gasteiger partial charge in [0.15, 0.2) is 20.9 Å². The van der Waals surface area contributed by atoms with Crippen molar-refractivity contribution in [3.05, 3.63) is 0 Å². The molecule has 0 bridgehead atoms. The van der Waals surface area contributed by atoms with Gasteiger partial charge >= 0.3 is 0 Å². The molecule has 22 heavy (non-hydrogen) atoms. The fourth-order valence-electron chi connectivity index (χ4n) is 2.12. The van der Waals surface area contributed by atoms with Crippen LogP contribution >= 0.6 is 0 Å². The zero-order valence-electron chi connectivity index (χ0n) is 15.9. The summed E-state index contributed by atoms with van der Waals surface area (Å²) in [5, 5.41) is 10.4. The Bertz CT molecular complexity index is 370. The number of ether oxygens (including phenoxy) is 2. The summed E-state index contributed by atoms with van der Waals surface area (Å²) in [6, 6.07) is 0. The zero-order valence-corrected chi connectivity index (χ0v) is 16.9. The van der Waals surface area contributed by atoms with Gasteiger partial charge in [0.05, 0.1) is 0 Å². The third-order valence-corrected chi connectivity index (χ3v) is 9.48. The van der Waals surface area contributed by atoms with Gasteiger partial charge in [-0.25, -0.2) is 0 Å². The van der Waals surface area contributed by atoms with Crippen LogP contribution in [0.25, 0.3) is 0 Å². The minimum atomic E-state index is -1.70. The van der Waals surface area contributed by atoms with Crippen molar-refractivity contribution in [2.75, 3.05) is 6.61 Å². The molecule has 1 rings (SSSR count). The third-order valence-electron chi connectivity index (χ3n) is 4.94. The van der Waals surface area contributed by atoms with Crippen LogP contribution in [0.2, 0.25) is 18.1 Å². The fourth-order valence-corrected chi connectivity index (χ4v) is 3.21. The summed E-state index contributed by atoms with van der Waals surface area (Å²) in [6.45, 7) is 20.0. The molecule has 0 aromatic rings. The molecular formula is C17H36O4Si. The quantitative estimate of drug-likeness (QED) is 0.603. The second-order valence-electron chi connectivity index (χ2n) is 9.33. The summed E-state index contributed by atoms with van der Waals surface area (Å²) >= 11 is 0. The maximum Gasteiger partial charge on any atom is 0.191 e. The number of aliphatic hydroxyl groups excluding tert-OH is 1. The highest BCUT2D eigenvalue weighted by molar-refractivity contribution is 6.74. The third kappa shape index (κ3) is 4.77. The van der Waals surface area contributed by atoms with Crippen LogP contribution in [0.4, 0.5) is 0 Å². The predicted octanol–water partition coefficient (Wildman–Crippen LogP) is 4.28. The van der Waals surface area contributed by atoms with Crippen molar-refractivity contribution in [2.24, 2.45) is 5.41 Å². The van der Waals surface area contributed by atoms with E-state index in [0.717, 1.165) is 12.8 Å². The molecule has 0 saturated carbocycles. The second kappa shape index (κ2) is 6.52. The Balaban J connectivity index is 2.48. The summed E-state index contributed by atoms with van der Waals surface area (Å²) in [5.74, 6) is 0. The van der Waals surface area contributed by atoms with Gasteiger partial charge in [-0.05, 0) is 37.9 Å². The molecule has 4 nitrogen and oxygen atoms in total. The van der Waals surface area contributed by atoms with Gasteiger partial charge in [-0.2, -0.15) is 0 Å². The standard InChI is InChI=1S/C17H36O4Si/c1-15(2,3)14-20-13(18)17(7,21-14)11-10-12-19-22(8,9)16(4,5)6/h13-14,18H,10-12H2,1-9H3/t13?,14-,17-/m0/s1. The molecule has 0 aromatic carbocycles. The molecule has 1 aliphatic rings. The first-order valence-electron chi connectivity index (χ1n) is 8.34. The first-order valence-corrected chi connectivity index (χ1v) is 11.3. The van der Waals surface area contributed by atoms with E-state index in [1.165, 1.54) is 0 Å². The van der Waals surface area contributed by atoms with Crippen molar-refractivity contribution in [1.82, 2.24) is 0 Å². The molecule has 0 amide bonds. The van der Waals surface area contributed by atoms with Crippen molar-refractivity contribution >= 4 is 8.32 Å². The average Bonchev–Trinajstić information content (AvgIpc) is 2.60. The smallest absolute Gasteiger partial charge is 0.191 e. The molecule has 1 N–H and O–H groups in total. The van der Waals surface area contributed by atoms with Crippen LogP contribution < -0.4 is 0 Å². The molecule has 0 spiro atoms. The molecule has 132 valence electrons. The summed E-state index contributed by atoms with van der Waals surface area (Å²) < 4.78 is 17.8. The van der Waals surface area contributed by atoms with Gasteiger partial charge in [-0.3, -0.25) is 0 Å². The van der Waals surface area contributed by atoms with Gasteiger partial charge in [0.1, 0.15) is 5.60 Å². The highest BCUT2D eigenvalue weighted by atomic mass is 28.4. The Hall–Kier alpha value is 0.0569. The lowest BCUT2D eigenvalue weighted by atomic mass is 9.95. The predicted molar refractivity (Wildman–Crippen MR) is 92.2 cm³/mol. The normalized spacial score (nSPS) is 30.8. The first kappa shape index (κ1) is 20.1. The fraction of sp³-hybridized carbons (Fsp3) is 1.00. The van der Waals surface area contributed by atoms with E-state index in [2.05, 4.69) is 54.6 Å². The van der Waals surface area contributed by atoms with Crippen LogP contribution in [0.15, 0.2) is 0 Å². The van der Waals surface area contributed by atoms with Crippen molar-refractivity contribution in [3.8, 4) is 0 Å². The molecule has 0 aromatic heterocycles. The highest BCUT2D eigenvalue weighted by Crippen LogP contribution is 2.40. The molecule has 0 aliphatic carbocycles. The van der Waals surface area contributed by atoms with Crippen LogP contribution in [0.3, 0.4) is 0 Å². The Labute approximate surface area is 137 Å². The molecule has 5 heteroatoms. The Morgan fingerprint density at radius 3 is 2.09 bits per heavy atom. The van der Waals surface area contributed by atoms with E-state index in [9.17, 15) is 5.11 Å². The van der Waals surface area contributed by atoms with Gasteiger partial charge < -0.3 is 19.0 Å². The monoisotopic (exact) mass is 332 g/mol. The van der Waals surface area contributed by atoms with E-state index < -0.39 is 20.2 Å². The summed E-state index contributed by atoms with van der Waals surface area (Å²) in [5.41, 5.74) is -0.787. The summed E-state index contributed by atoms with van der Waals surface area (Å²) in [7, 11) is -1.70. The van der Waals surface area contributed by atoms with Gasteiger partial charge in [-0.15, -0.1) is 0 Å². The molecular weight excluding hydrogens is 296 g/mol. The van der Waals surface area contributed by atoms with Crippen LogP contribution in [-0.2, 0) is 13.9 Å². The van der Waals surface area contributed by atoms with Crippen LogP contribution in [0, 0.1) is 5.41 Å². The maximum absolute atomic E-state index is 10.2. The molecule has 0 radical (unpaired) electrons. The molecule has 1 saturated heterocycles. The van der Waals surface area contributed by atoms with Gasteiger partial charge in [-0.1, -0.05) is 41.5 Å². The van der Waals surface area contributed by atoms with Crippen molar-refractivity contribution < 1.29 is 19.0 Å². The van der Waals surface area contributed by atoms with Gasteiger partial charge in [0.2, 0.25) is 0 Å². The van der Waals surface area contributed by atoms with Crippen LogP contribution in [-0.4, -0.2) is 38.2 Å². The molecule has 1 heterocycles. The largest absolute Gasteiger partial charge is 0.417 e. The van der Waals surface area contributed by atoms with Gasteiger partial charge in [0, 0.05) is 12.0 Å². The van der Waals surface area contributed by atoms with Crippen LogP contribution in [0.1, 0.15) is 61.3 Å². The average molecular weight is 333 g/mol. The number of rotatable bonds is 5. The lowest BCUT2D eigenvalue weighted by Gasteiger charge is -2.36. The summed E-state index contributed by atoms with van der Waals surface area (Å²) in [6.07, 6.45) is 0.355. The molecule has 1 aliphatic heterocycles. The lowest BCUT2D eigenvalue weighted by molar-refractivity contribution is -0.161. The first-order chi connectivity index (χ1) is 9.69. The van der Waals surface area contributed by atoms with E-state index in [1.807, 2.05) is 6.92 Å². The van der Waals surface area contributed by atoms with Crippen molar-refractivity contribution in [3.63, 3.8) is 0 Å². The molecule has 1 unspecified atom stereocenters. The van der Waals surface area contributed by atoms with E-state index >= 15 is 0 Å². The van der Waals surface area contributed by atoms with Gasteiger partial charge in [0.25, 0.3) is 0 Å². The number of hydrogen-bond donors (Lipinski definition) is 1. The zero-order chi connectivity index (χ0) is 17.4.